The van der Waals surface area contributed by atoms with Gasteiger partial charge in [0, 0.05) is 24.1 Å². The summed E-state index contributed by atoms with van der Waals surface area (Å²) in [5.74, 6) is -0.0662. The molecule has 3 rings (SSSR count). The van der Waals surface area contributed by atoms with Crippen molar-refractivity contribution in [3.05, 3.63) is 42.7 Å². The van der Waals surface area contributed by atoms with Crippen molar-refractivity contribution in [3.63, 3.8) is 0 Å². The SMILES string of the molecule is CC1(C)OB(c2ccc(C(=O)Cn3ccnc3)nc2)OC1(C)C. The van der Waals surface area contributed by atoms with Gasteiger partial charge in [-0.2, -0.15) is 0 Å². The number of hydrogen-bond donors (Lipinski definition) is 0. The Balaban J connectivity index is 1.72. The average Bonchev–Trinajstić information content (AvgIpc) is 3.05. The lowest BCUT2D eigenvalue weighted by Gasteiger charge is -2.32. The van der Waals surface area contributed by atoms with Crippen LogP contribution in [0.4, 0.5) is 0 Å². The van der Waals surface area contributed by atoms with E-state index in [-0.39, 0.29) is 12.3 Å². The lowest BCUT2D eigenvalue weighted by atomic mass is 9.80. The molecule has 7 heteroatoms. The van der Waals surface area contributed by atoms with E-state index in [1.165, 1.54) is 0 Å². The molecule has 0 aromatic carbocycles. The summed E-state index contributed by atoms with van der Waals surface area (Å²) in [6, 6.07) is 3.54. The topological polar surface area (TPSA) is 66.2 Å². The molecule has 1 aliphatic heterocycles. The smallest absolute Gasteiger partial charge is 0.399 e. The second-order valence-corrected chi connectivity index (χ2v) is 6.72. The van der Waals surface area contributed by atoms with Crippen LogP contribution in [0.1, 0.15) is 38.2 Å². The lowest BCUT2D eigenvalue weighted by molar-refractivity contribution is 0.00578. The first kappa shape index (κ1) is 15.9. The fourth-order valence-electron chi connectivity index (χ4n) is 2.32. The van der Waals surface area contributed by atoms with Crippen LogP contribution in [0.3, 0.4) is 0 Å². The zero-order valence-corrected chi connectivity index (χ0v) is 13.8. The van der Waals surface area contributed by atoms with Gasteiger partial charge in [-0.15, -0.1) is 0 Å². The summed E-state index contributed by atoms with van der Waals surface area (Å²) in [5.41, 5.74) is 0.433. The predicted octanol–water partition coefficient (Wildman–Crippen LogP) is 1.46. The molecular weight excluding hydrogens is 293 g/mol. The molecule has 0 atom stereocenters. The van der Waals surface area contributed by atoms with Gasteiger partial charge in [-0.1, -0.05) is 6.07 Å². The van der Waals surface area contributed by atoms with Crippen LogP contribution in [0.25, 0.3) is 0 Å². The second-order valence-electron chi connectivity index (χ2n) is 6.72. The van der Waals surface area contributed by atoms with Gasteiger partial charge in [-0.3, -0.25) is 9.78 Å². The molecule has 0 bridgehead atoms. The number of nitrogens with zero attached hydrogens (tertiary/aromatic N) is 3. The van der Waals surface area contributed by atoms with Crippen LogP contribution in [0, 0.1) is 0 Å². The number of hydrogen-bond acceptors (Lipinski definition) is 5. The minimum Gasteiger partial charge on any atom is -0.399 e. The molecular formula is C16H20BN3O3. The maximum atomic E-state index is 12.2. The number of pyridine rings is 1. The molecule has 0 unspecified atom stereocenters. The monoisotopic (exact) mass is 313 g/mol. The number of rotatable bonds is 4. The van der Waals surface area contributed by atoms with Gasteiger partial charge in [-0.05, 0) is 33.8 Å². The molecule has 6 nitrogen and oxygen atoms in total. The van der Waals surface area contributed by atoms with Crippen LogP contribution in [0.2, 0.25) is 0 Å². The zero-order valence-electron chi connectivity index (χ0n) is 13.8. The molecule has 1 fully saturated rings. The van der Waals surface area contributed by atoms with E-state index in [9.17, 15) is 4.79 Å². The van der Waals surface area contributed by atoms with Crippen molar-refractivity contribution in [1.82, 2.24) is 14.5 Å². The van der Waals surface area contributed by atoms with E-state index >= 15 is 0 Å². The summed E-state index contributed by atoms with van der Waals surface area (Å²) in [5, 5.41) is 0. The van der Waals surface area contributed by atoms with Gasteiger partial charge in [0.15, 0.2) is 0 Å². The highest BCUT2D eigenvalue weighted by molar-refractivity contribution is 6.62. The summed E-state index contributed by atoms with van der Waals surface area (Å²) in [6.45, 7) is 8.24. The summed E-state index contributed by atoms with van der Waals surface area (Å²) < 4.78 is 13.7. The molecule has 23 heavy (non-hydrogen) atoms. The Morgan fingerprint density at radius 2 is 1.91 bits per heavy atom. The van der Waals surface area contributed by atoms with Crippen LogP contribution in [-0.4, -0.2) is 38.6 Å². The Morgan fingerprint density at radius 1 is 1.22 bits per heavy atom. The van der Waals surface area contributed by atoms with Gasteiger partial charge in [-0.25, -0.2) is 4.98 Å². The highest BCUT2D eigenvalue weighted by Crippen LogP contribution is 2.36. The van der Waals surface area contributed by atoms with E-state index in [0.29, 0.717) is 5.69 Å². The summed E-state index contributed by atoms with van der Waals surface area (Å²) in [6.07, 6.45) is 6.64. The quantitative estimate of drug-likeness (QED) is 0.631. The number of carbonyl (C=O) groups is 1. The van der Waals surface area contributed by atoms with Crippen molar-refractivity contribution in [1.29, 1.82) is 0 Å². The van der Waals surface area contributed by atoms with Gasteiger partial charge in [0.1, 0.15) is 5.69 Å². The van der Waals surface area contributed by atoms with E-state index in [2.05, 4.69) is 9.97 Å². The standard InChI is InChI=1S/C16H20BN3O3/c1-15(2)16(3,4)23-17(22-15)12-5-6-13(19-9-12)14(21)10-20-8-7-18-11-20/h5-9,11H,10H2,1-4H3. The van der Waals surface area contributed by atoms with Gasteiger partial charge in [0.25, 0.3) is 0 Å². The number of imidazole rings is 1. The molecule has 1 aliphatic rings. The lowest BCUT2D eigenvalue weighted by Crippen LogP contribution is -2.41. The molecule has 3 heterocycles. The van der Waals surface area contributed by atoms with Gasteiger partial charge in [0.2, 0.25) is 5.78 Å². The van der Waals surface area contributed by atoms with Crippen molar-refractivity contribution < 1.29 is 14.1 Å². The van der Waals surface area contributed by atoms with E-state index in [1.807, 2.05) is 33.8 Å². The minimum absolute atomic E-state index is 0.0662. The van der Waals surface area contributed by atoms with Crippen molar-refractivity contribution >= 4 is 18.4 Å². The Hall–Kier alpha value is -1.99. The van der Waals surface area contributed by atoms with Crippen molar-refractivity contribution in [2.24, 2.45) is 0 Å². The van der Waals surface area contributed by atoms with E-state index in [4.69, 9.17) is 9.31 Å². The maximum Gasteiger partial charge on any atom is 0.496 e. The van der Waals surface area contributed by atoms with E-state index < -0.39 is 18.3 Å². The van der Waals surface area contributed by atoms with Crippen LogP contribution in [0.15, 0.2) is 37.1 Å². The number of carbonyl (C=O) groups excluding carboxylic acids is 1. The molecule has 120 valence electrons. The van der Waals surface area contributed by atoms with Crippen LogP contribution in [0.5, 0.6) is 0 Å². The number of aromatic nitrogens is 3. The number of Topliss-reactive ketones (excluding diaryl/α,β-unsaturated/α-hetero) is 1. The van der Waals surface area contributed by atoms with Crippen molar-refractivity contribution in [2.45, 2.75) is 45.4 Å². The average molecular weight is 313 g/mol. The van der Waals surface area contributed by atoms with Gasteiger partial charge >= 0.3 is 7.12 Å². The largest absolute Gasteiger partial charge is 0.496 e. The molecule has 0 amide bonds. The Morgan fingerprint density at radius 3 is 2.43 bits per heavy atom. The van der Waals surface area contributed by atoms with Crippen molar-refractivity contribution in [3.8, 4) is 0 Å². The van der Waals surface area contributed by atoms with Crippen LogP contribution in [-0.2, 0) is 15.9 Å². The normalized spacial score (nSPS) is 19.0. The Kier molecular flexibility index (Phi) is 3.86. The summed E-state index contributed by atoms with van der Waals surface area (Å²) in [4.78, 5) is 20.4. The first-order chi connectivity index (χ1) is 10.8. The van der Waals surface area contributed by atoms with E-state index in [0.717, 1.165) is 5.46 Å². The summed E-state index contributed by atoms with van der Waals surface area (Å²) >= 11 is 0. The van der Waals surface area contributed by atoms with E-state index in [1.54, 1.807) is 35.6 Å². The fraction of sp³-hybridized carbons (Fsp3) is 0.438. The third-order valence-corrected chi connectivity index (χ3v) is 4.48. The molecule has 0 saturated carbocycles. The highest BCUT2D eigenvalue weighted by atomic mass is 16.7. The Labute approximate surface area is 136 Å². The number of ketones is 1. The Bertz CT molecular complexity index is 680. The highest BCUT2D eigenvalue weighted by Gasteiger charge is 2.51. The summed E-state index contributed by atoms with van der Waals surface area (Å²) in [7, 11) is -0.467. The third-order valence-electron chi connectivity index (χ3n) is 4.48. The minimum atomic E-state index is -0.467. The van der Waals surface area contributed by atoms with Crippen molar-refractivity contribution in [2.75, 3.05) is 0 Å². The molecule has 0 N–H and O–H groups in total. The first-order valence-corrected chi connectivity index (χ1v) is 7.59. The molecule has 0 radical (unpaired) electrons. The maximum absolute atomic E-state index is 12.2. The molecule has 2 aromatic heterocycles. The predicted molar refractivity (Wildman–Crippen MR) is 86.5 cm³/mol. The van der Waals surface area contributed by atoms with Gasteiger partial charge in [0.05, 0.1) is 24.1 Å². The molecule has 0 spiro atoms. The third kappa shape index (κ3) is 3.07. The molecule has 2 aromatic rings. The van der Waals surface area contributed by atoms with Gasteiger partial charge < -0.3 is 13.9 Å². The van der Waals surface area contributed by atoms with Crippen LogP contribution < -0.4 is 5.46 Å². The second kappa shape index (κ2) is 5.58. The molecule has 1 saturated heterocycles. The fourth-order valence-corrected chi connectivity index (χ4v) is 2.32. The van der Waals surface area contributed by atoms with Crippen LogP contribution >= 0.6 is 0 Å². The zero-order chi connectivity index (χ0) is 16.7. The molecule has 0 aliphatic carbocycles. The first-order valence-electron chi connectivity index (χ1n) is 7.59.